The molecule has 0 bridgehead atoms. The van der Waals surface area contributed by atoms with Crippen LogP contribution in [0.1, 0.15) is 39.6 Å². The summed E-state index contributed by atoms with van der Waals surface area (Å²) in [6.45, 7) is 5.80. The normalized spacial score (nSPS) is 10.8. The highest BCUT2D eigenvalue weighted by molar-refractivity contribution is 7.17. The SMILES string of the molecule is Cc1nc(NC(=O)c2cnc(-c3ccc(Cl)cc3)[nH]c2=O)sc1C(=O)OCC(C)C. The summed E-state index contributed by atoms with van der Waals surface area (Å²) in [6, 6.07) is 6.76. The van der Waals surface area contributed by atoms with E-state index in [4.69, 9.17) is 16.3 Å². The van der Waals surface area contributed by atoms with E-state index in [-0.39, 0.29) is 16.6 Å². The van der Waals surface area contributed by atoms with E-state index in [9.17, 15) is 14.4 Å². The summed E-state index contributed by atoms with van der Waals surface area (Å²) in [5.41, 5.74) is 0.319. The highest BCUT2D eigenvalue weighted by Crippen LogP contribution is 2.24. The van der Waals surface area contributed by atoms with Gasteiger partial charge in [0.2, 0.25) is 0 Å². The monoisotopic (exact) mass is 446 g/mol. The van der Waals surface area contributed by atoms with Crippen LogP contribution in [-0.2, 0) is 4.74 Å². The summed E-state index contributed by atoms with van der Waals surface area (Å²) in [7, 11) is 0. The van der Waals surface area contributed by atoms with Crippen molar-refractivity contribution in [1.29, 1.82) is 0 Å². The van der Waals surface area contributed by atoms with Gasteiger partial charge in [-0.1, -0.05) is 36.8 Å². The lowest BCUT2D eigenvalue weighted by Crippen LogP contribution is -2.24. The number of ether oxygens (including phenoxy) is 1. The van der Waals surface area contributed by atoms with Crippen molar-refractivity contribution in [3.05, 3.63) is 62.0 Å². The molecule has 0 radical (unpaired) electrons. The standard InChI is InChI=1S/C20H19ClN4O4S/c1-10(2)9-29-19(28)15-11(3)23-20(30-15)25-18(27)14-8-22-16(24-17(14)26)12-4-6-13(21)7-5-12/h4-8,10H,9H2,1-3H3,(H,22,24,26)(H,23,25,27). The number of anilines is 1. The zero-order valence-electron chi connectivity index (χ0n) is 16.5. The van der Waals surface area contributed by atoms with Gasteiger partial charge >= 0.3 is 5.97 Å². The average Bonchev–Trinajstić information content (AvgIpc) is 3.06. The number of aromatic amines is 1. The molecule has 2 aromatic heterocycles. The highest BCUT2D eigenvalue weighted by atomic mass is 35.5. The maximum Gasteiger partial charge on any atom is 0.350 e. The second-order valence-corrected chi connectivity index (χ2v) is 8.30. The van der Waals surface area contributed by atoms with Crippen molar-refractivity contribution in [2.45, 2.75) is 20.8 Å². The number of nitrogens with one attached hydrogen (secondary N) is 2. The molecule has 2 N–H and O–H groups in total. The molecule has 3 aromatic rings. The molecular weight excluding hydrogens is 428 g/mol. The van der Waals surface area contributed by atoms with E-state index >= 15 is 0 Å². The first-order chi connectivity index (χ1) is 14.2. The largest absolute Gasteiger partial charge is 0.461 e. The fourth-order valence-corrected chi connectivity index (χ4v) is 3.40. The molecule has 10 heteroatoms. The van der Waals surface area contributed by atoms with Crippen LogP contribution < -0.4 is 10.9 Å². The minimum atomic E-state index is -0.678. The topological polar surface area (TPSA) is 114 Å². The number of carbonyl (C=O) groups is 2. The van der Waals surface area contributed by atoms with Gasteiger partial charge in [-0.25, -0.2) is 14.8 Å². The molecule has 8 nitrogen and oxygen atoms in total. The number of hydrogen-bond acceptors (Lipinski definition) is 7. The number of thiazole rings is 1. The molecule has 0 spiro atoms. The quantitative estimate of drug-likeness (QED) is 0.554. The number of benzene rings is 1. The summed E-state index contributed by atoms with van der Waals surface area (Å²) in [5, 5.41) is 3.28. The first-order valence-electron chi connectivity index (χ1n) is 9.05. The van der Waals surface area contributed by atoms with Crippen molar-refractivity contribution in [1.82, 2.24) is 15.0 Å². The Hall–Kier alpha value is -3.04. The molecule has 0 aliphatic heterocycles. The predicted molar refractivity (Wildman–Crippen MR) is 115 cm³/mol. The highest BCUT2D eigenvalue weighted by Gasteiger charge is 2.20. The minimum absolute atomic E-state index is 0.176. The molecule has 0 aliphatic rings. The summed E-state index contributed by atoms with van der Waals surface area (Å²) in [4.78, 5) is 48.2. The third kappa shape index (κ3) is 5.11. The fraction of sp³-hybridized carbons (Fsp3) is 0.250. The third-order valence-corrected chi connectivity index (χ3v) is 5.22. The molecule has 0 aliphatic carbocycles. The van der Waals surface area contributed by atoms with Gasteiger partial charge in [-0.05, 0) is 37.1 Å². The lowest BCUT2D eigenvalue weighted by atomic mass is 10.2. The molecule has 1 amide bonds. The van der Waals surface area contributed by atoms with Gasteiger partial charge in [0, 0.05) is 16.8 Å². The van der Waals surface area contributed by atoms with E-state index in [2.05, 4.69) is 20.3 Å². The minimum Gasteiger partial charge on any atom is -0.461 e. The Labute approximate surface area is 181 Å². The Morgan fingerprint density at radius 2 is 1.97 bits per heavy atom. The number of hydrogen-bond donors (Lipinski definition) is 2. The van der Waals surface area contributed by atoms with E-state index in [0.717, 1.165) is 11.3 Å². The maximum absolute atomic E-state index is 12.5. The van der Waals surface area contributed by atoms with E-state index < -0.39 is 17.4 Å². The third-order valence-electron chi connectivity index (χ3n) is 3.91. The Morgan fingerprint density at radius 3 is 2.60 bits per heavy atom. The number of halogens is 1. The molecule has 0 saturated heterocycles. The van der Waals surface area contributed by atoms with Crippen molar-refractivity contribution in [3.63, 3.8) is 0 Å². The van der Waals surface area contributed by atoms with E-state index in [1.54, 1.807) is 31.2 Å². The first-order valence-corrected chi connectivity index (χ1v) is 10.2. The summed E-state index contributed by atoms with van der Waals surface area (Å²) in [6.07, 6.45) is 1.19. The number of rotatable bonds is 6. The van der Waals surface area contributed by atoms with Crippen molar-refractivity contribution >= 4 is 39.9 Å². The first kappa shape index (κ1) is 21.7. The number of amides is 1. The number of H-pyrrole nitrogens is 1. The van der Waals surface area contributed by atoms with Crippen LogP contribution in [0.2, 0.25) is 5.02 Å². The van der Waals surface area contributed by atoms with Crippen LogP contribution in [-0.4, -0.2) is 33.4 Å². The van der Waals surface area contributed by atoms with Crippen molar-refractivity contribution < 1.29 is 14.3 Å². The Morgan fingerprint density at radius 1 is 1.27 bits per heavy atom. The van der Waals surface area contributed by atoms with Gasteiger partial charge in [0.1, 0.15) is 16.3 Å². The van der Waals surface area contributed by atoms with Crippen molar-refractivity contribution in [2.24, 2.45) is 5.92 Å². The number of aromatic nitrogens is 3. The summed E-state index contributed by atoms with van der Waals surface area (Å²) < 4.78 is 5.20. The van der Waals surface area contributed by atoms with Crippen LogP contribution in [0.5, 0.6) is 0 Å². The van der Waals surface area contributed by atoms with Gasteiger partial charge < -0.3 is 9.72 Å². The van der Waals surface area contributed by atoms with E-state index in [1.807, 2.05) is 13.8 Å². The van der Waals surface area contributed by atoms with Gasteiger partial charge in [-0.15, -0.1) is 0 Å². The van der Waals surface area contributed by atoms with Gasteiger partial charge in [0.15, 0.2) is 5.13 Å². The average molecular weight is 447 g/mol. The Bertz CT molecular complexity index is 1140. The summed E-state index contributed by atoms with van der Waals surface area (Å²) in [5.74, 6) is -0.654. The second-order valence-electron chi connectivity index (χ2n) is 6.86. The number of nitrogens with zero attached hydrogens (tertiary/aromatic N) is 2. The molecule has 3 rings (SSSR count). The van der Waals surface area contributed by atoms with Gasteiger partial charge in [0.05, 0.1) is 12.3 Å². The van der Waals surface area contributed by atoms with Gasteiger partial charge in [-0.3, -0.25) is 14.9 Å². The van der Waals surface area contributed by atoms with Crippen LogP contribution in [0.25, 0.3) is 11.4 Å². The lowest BCUT2D eigenvalue weighted by molar-refractivity contribution is 0.0463. The van der Waals surface area contributed by atoms with Crippen molar-refractivity contribution in [3.8, 4) is 11.4 Å². The zero-order valence-corrected chi connectivity index (χ0v) is 18.1. The van der Waals surface area contributed by atoms with E-state index in [1.165, 1.54) is 6.20 Å². The fourth-order valence-electron chi connectivity index (χ4n) is 2.42. The molecule has 0 saturated carbocycles. The maximum atomic E-state index is 12.5. The molecular formula is C20H19ClN4O4S. The van der Waals surface area contributed by atoms with Gasteiger partial charge in [-0.2, -0.15) is 0 Å². The molecule has 1 aromatic carbocycles. The molecule has 2 heterocycles. The van der Waals surface area contributed by atoms with Crippen LogP contribution in [0, 0.1) is 12.8 Å². The zero-order chi connectivity index (χ0) is 21.8. The molecule has 156 valence electrons. The Balaban J connectivity index is 1.75. The lowest BCUT2D eigenvalue weighted by Gasteiger charge is -2.05. The predicted octanol–water partition coefficient (Wildman–Crippen LogP) is 3.92. The number of aryl methyl sites for hydroxylation is 1. The van der Waals surface area contributed by atoms with Gasteiger partial charge in [0.25, 0.3) is 11.5 Å². The Kier molecular flexibility index (Phi) is 6.63. The molecule has 0 fully saturated rings. The smallest absolute Gasteiger partial charge is 0.350 e. The molecule has 0 unspecified atom stereocenters. The number of carbonyl (C=O) groups excluding carboxylic acids is 2. The van der Waals surface area contributed by atoms with Crippen LogP contribution in [0.4, 0.5) is 5.13 Å². The van der Waals surface area contributed by atoms with Crippen molar-refractivity contribution in [2.75, 3.05) is 11.9 Å². The summed E-state index contributed by atoms with van der Waals surface area (Å²) >= 11 is 6.85. The van der Waals surface area contributed by atoms with Crippen LogP contribution in [0.3, 0.4) is 0 Å². The number of esters is 1. The van der Waals surface area contributed by atoms with E-state index in [0.29, 0.717) is 33.6 Å². The molecule has 30 heavy (non-hydrogen) atoms. The second kappa shape index (κ2) is 9.19. The van der Waals surface area contributed by atoms with Crippen LogP contribution >= 0.6 is 22.9 Å². The van der Waals surface area contributed by atoms with Crippen LogP contribution in [0.15, 0.2) is 35.3 Å². The molecule has 0 atom stereocenters.